The SMILES string of the molecule is CCCCCCCSC=CCCCCOS(=O)(=O)O. The molecule has 0 saturated carbocycles. The Morgan fingerprint density at radius 2 is 1.84 bits per heavy atom. The third-order valence-corrected chi connectivity index (χ3v) is 3.93. The number of thioether (sulfide) groups is 1. The van der Waals surface area contributed by atoms with Gasteiger partial charge in [0.15, 0.2) is 0 Å². The van der Waals surface area contributed by atoms with Gasteiger partial charge in [0.25, 0.3) is 0 Å². The minimum atomic E-state index is -4.26. The Balaban J connectivity index is 3.17. The highest BCUT2D eigenvalue weighted by Gasteiger charge is 2.01. The second-order valence-electron chi connectivity index (χ2n) is 4.40. The third kappa shape index (κ3) is 18.0. The molecule has 0 aromatic carbocycles. The van der Waals surface area contributed by atoms with Crippen molar-refractivity contribution in [3.8, 4) is 0 Å². The summed E-state index contributed by atoms with van der Waals surface area (Å²) in [5.41, 5.74) is 0. The van der Waals surface area contributed by atoms with E-state index in [0.717, 1.165) is 12.8 Å². The summed E-state index contributed by atoms with van der Waals surface area (Å²) in [5.74, 6) is 1.17. The average molecular weight is 310 g/mol. The second kappa shape index (κ2) is 13.0. The first kappa shape index (κ1) is 19.0. The van der Waals surface area contributed by atoms with E-state index in [1.165, 1.54) is 37.9 Å². The Hall–Kier alpha value is -0.0400. The number of hydrogen-bond donors (Lipinski definition) is 1. The van der Waals surface area contributed by atoms with Crippen LogP contribution in [0.25, 0.3) is 0 Å². The van der Waals surface area contributed by atoms with Crippen LogP contribution >= 0.6 is 11.8 Å². The van der Waals surface area contributed by atoms with Gasteiger partial charge in [-0.05, 0) is 36.8 Å². The zero-order valence-electron chi connectivity index (χ0n) is 11.7. The monoisotopic (exact) mass is 310 g/mol. The largest absolute Gasteiger partial charge is 0.397 e. The van der Waals surface area contributed by atoms with E-state index >= 15 is 0 Å². The first-order chi connectivity index (χ1) is 9.06. The Labute approximate surface area is 122 Å². The molecule has 0 radical (unpaired) electrons. The fraction of sp³-hybridized carbons (Fsp3) is 0.846. The van der Waals surface area contributed by atoms with Crippen molar-refractivity contribution in [2.75, 3.05) is 12.4 Å². The molecule has 1 N–H and O–H groups in total. The lowest BCUT2D eigenvalue weighted by molar-refractivity contribution is 0.263. The smallest absolute Gasteiger partial charge is 0.264 e. The molecule has 0 aliphatic rings. The molecule has 0 fully saturated rings. The highest BCUT2D eigenvalue weighted by molar-refractivity contribution is 8.02. The highest BCUT2D eigenvalue weighted by Crippen LogP contribution is 2.10. The van der Waals surface area contributed by atoms with Crippen LogP contribution in [0.1, 0.15) is 58.3 Å². The molecule has 114 valence electrons. The standard InChI is InChI=1S/C13H26O4S2/c1-2-3-4-6-9-12-18-13-10-7-5-8-11-17-19(14,15)16/h10,13H,2-9,11-12H2,1H3,(H,14,15,16). The summed E-state index contributed by atoms with van der Waals surface area (Å²) >= 11 is 1.83. The molecular weight excluding hydrogens is 284 g/mol. The molecule has 0 atom stereocenters. The molecule has 0 aliphatic carbocycles. The predicted octanol–water partition coefficient (Wildman–Crippen LogP) is 4.19. The molecule has 0 saturated heterocycles. The van der Waals surface area contributed by atoms with Gasteiger partial charge in [-0.25, -0.2) is 4.18 Å². The van der Waals surface area contributed by atoms with Crippen LogP contribution in [0.2, 0.25) is 0 Å². The molecule has 0 spiro atoms. The van der Waals surface area contributed by atoms with Gasteiger partial charge < -0.3 is 0 Å². The van der Waals surface area contributed by atoms with Gasteiger partial charge in [-0.1, -0.05) is 38.7 Å². The Kier molecular flexibility index (Phi) is 12.9. The van der Waals surface area contributed by atoms with Gasteiger partial charge >= 0.3 is 10.4 Å². The van der Waals surface area contributed by atoms with E-state index in [1.54, 1.807) is 0 Å². The van der Waals surface area contributed by atoms with Gasteiger partial charge in [0.2, 0.25) is 0 Å². The van der Waals surface area contributed by atoms with Crippen molar-refractivity contribution in [2.24, 2.45) is 0 Å². The van der Waals surface area contributed by atoms with Crippen LogP contribution in [0.15, 0.2) is 11.5 Å². The summed E-state index contributed by atoms with van der Waals surface area (Å²) < 4.78 is 33.0. The number of rotatable bonds is 13. The van der Waals surface area contributed by atoms with Crippen molar-refractivity contribution in [1.29, 1.82) is 0 Å². The summed E-state index contributed by atoms with van der Waals surface area (Å²) in [7, 11) is -4.26. The van der Waals surface area contributed by atoms with Crippen molar-refractivity contribution in [1.82, 2.24) is 0 Å². The maximum absolute atomic E-state index is 10.2. The summed E-state index contributed by atoms with van der Waals surface area (Å²) in [6.07, 6.45) is 11.1. The average Bonchev–Trinajstić information content (AvgIpc) is 2.34. The summed E-state index contributed by atoms with van der Waals surface area (Å²) in [4.78, 5) is 0. The van der Waals surface area contributed by atoms with E-state index in [9.17, 15) is 8.42 Å². The molecule has 6 heteroatoms. The van der Waals surface area contributed by atoms with E-state index < -0.39 is 10.4 Å². The van der Waals surface area contributed by atoms with E-state index in [2.05, 4.69) is 22.6 Å². The fourth-order valence-corrected chi connectivity index (χ4v) is 2.63. The minimum Gasteiger partial charge on any atom is -0.264 e. The van der Waals surface area contributed by atoms with Crippen LogP contribution in [-0.4, -0.2) is 25.3 Å². The van der Waals surface area contributed by atoms with Crippen LogP contribution in [-0.2, 0) is 14.6 Å². The highest BCUT2D eigenvalue weighted by atomic mass is 32.3. The lowest BCUT2D eigenvalue weighted by atomic mass is 10.2. The molecular formula is C13H26O4S2. The Morgan fingerprint density at radius 3 is 2.53 bits per heavy atom. The minimum absolute atomic E-state index is 0.0528. The van der Waals surface area contributed by atoms with Gasteiger partial charge in [-0.15, -0.1) is 11.8 Å². The van der Waals surface area contributed by atoms with Crippen molar-refractivity contribution in [3.63, 3.8) is 0 Å². The van der Waals surface area contributed by atoms with E-state index in [1.807, 2.05) is 11.8 Å². The van der Waals surface area contributed by atoms with Gasteiger partial charge in [0, 0.05) is 0 Å². The van der Waals surface area contributed by atoms with Gasteiger partial charge in [-0.2, -0.15) is 8.42 Å². The van der Waals surface area contributed by atoms with Crippen molar-refractivity contribution in [2.45, 2.75) is 58.3 Å². The molecule has 4 nitrogen and oxygen atoms in total. The predicted molar refractivity (Wildman–Crippen MR) is 81.7 cm³/mol. The molecule has 0 rings (SSSR count). The van der Waals surface area contributed by atoms with Crippen LogP contribution in [0.3, 0.4) is 0 Å². The maximum atomic E-state index is 10.2. The van der Waals surface area contributed by atoms with E-state index in [4.69, 9.17) is 4.55 Å². The van der Waals surface area contributed by atoms with Gasteiger partial charge in [0.05, 0.1) is 6.61 Å². The van der Waals surface area contributed by atoms with Crippen molar-refractivity contribution in [3.05, 3.63) is 11.5 Å². The first-order valence-electron chi connectivity index (χ1n) is 6.94. The number of unbranched alkanes of at least 4 members (excludes halogenated alkanes) is 6. The zero-order valence-corrected chi connectivity index (χ0v) is 13.3. The quantitative estimate of drug-likeness (QED) is 0.408. The van der Waals surface area contributed by atoms with Crippen LogP contribution in [0, 0.1) is 0 Å². The third-order valence-electron chi connectivity index (χ3n) is 2.56. The molecule has 0 amide bonds. The van der Waals surface area contributed by atoms with E-state index in [-0.39, 0.29) is 6.61 Å². The molecule has 0 bridgehead atoms. The Bertz CT molecular complexity index is 313. The van der Waals surface area contributed by atoms with E-state index in [0.29, 0.717) is 6.42 Å². The van der Waals surface area contributed by atoms with Crippen LogP contribution in [0.4, 0.5) is 0 Å². The summed E-state index contributed by atoms with van der Waals surface area (Å²) in [5, 5.41) is 2.11. The van der Waals surface area contributed by atoms with Crippen LogP contribution < -0.4 is 0 Å². The number of allylic oxidation sites excluding steroid dienone is 1. The molecule has 0 aromatic heterocycles. The lowest BCUT2D eigenvalue weighted by Gasteiger charge is -1.99. The topological polar surface area (TPSA) is 63.6 Å². The summed E-state index contributed by atoms with van der Waals surface area (Å²) in [6, 6.07) is 0. The van der Waals surface area contributed by atoms with Crippen LogP contribution in [0.5, 0.6) is 0 Å². The van der Waals surface area contributed by atoms with Crippen molar-refractivity contribution < 1.29 is 17.2 Å². The molecule has 0 aliphatic heterocycles. The Morgan fingerprint density at radius 1 is 1.11 bits per heavy atom. The van der Waals surface area contributed by atoms with Gasteiger partial charge in [-0.3, -0.25) is 4.55 Å². The first-order valence-corrected chi connectivity index (χ1v) is 9.36. The van der Waals surface area contributed by atoms with Gasteiger partial charge in [0.1, 0.15) is 0 Å². The molecule has 19 heavy (non-hydrogen) atoms. The number of hydrogen-bond acceptors (Lipinski definition) is 4. The molecule has 0 aromatic rings. The summed E-state index contributed by atoms with van der Waals surface area (Å²) in [6.45, 7) is 2.27. The fourth-order valence-electron chi connectivity index (χ4n) is 1.52. The lowest BCUT2D eigenvalue weighted by Crippen LogP contribution is -2.04. The zero-order chi connectivity index (χ0) is 14.4. The molecule has 0 unspecified atom stereocenters. The van der Waals surface area contributed by atoms with Crippen molar-refractivity contribution >= 4 is 22.2 Å². The second-order valence-corrected chi connectivity index (χ2v) is 6.51. The maximum Gasteiger partial charge on any atom is 0.397 e. The molecule has 0 heterocycles. The normalized spacial score (nSPS) is 12.3.